The van der Waals surface area contributed by atoms with Gasteiger partial charge in [0.15, 0.2) is 0 Å². The van der Waals surface area contributed by atoms with Gasteiger partial charge in [-0.3, -0.25) is 0 Å². The lowest BCUT2D eigenvalue weighted by Crippen LogP contribution is -2.20. The van der Waals surface area contributed by atoms with Gasteiger partial charge in [-0.1, -0.05) is 60.3 Å². The number of unbranched alkanes of at least 4 members (excludes halogenated alkanes) is 3. The second-order valence-electron chi connectivity index (χ2n) is 4.50. The molecule has 0 heterocycles. The molecule has 0 radical (unpaired) electrons. The summed E-state index contributed by atoms with van der Waals surface area (Å²) in [6.45, 7) is 3.91. The van der Waals surface area contributed by atoms with Gasteiger partial charge in [0.05, 0.1) is 6.10 Å². The van der Waals surface area contributed by atoms with E-state index < -0.39 is 0 Å². The number of rotatable bonds is 9. The molecule has 0 aliphatic heterocycles. The van der Waals surface area contributed by atoms with Crippen LogP contribution in [0.3, 0.4) is 0 Å². The molecule has 1 unspecified atom stereocenters. The third kappa shape index (κ3) is 5.51. The molecule has 0 fully saturated rings. The minimum atomic E-state index is 0.132. The summed E-state index contributed by atoms with van der Waals surface area (Å²) < 4.78 is 7.13. The summed E-state index contributed by atoms with van der Waals surface area (Å²) in [6.07, 6.45) is 5.11. The monoisotopic (exact) mass is 313 g/mol. The van der Waals surface area contributed by atoms with E-state index in [-0.39, 0.29) is 6.10 Å². The fourth-order valence-electron chi connectivity index (χ4n) is 1.93. The predicted molar refractivity (Wildman–Crippen MR) is 80.9 cm³/mol. The molecule has 0 aliphatic carbocycles. The molecule has 0 bridgehead atoms. The number of hydrogen-bond donors (Lipinski definition) is 1. The van der Waals surface area contributed by atoms with Crippen molar-refractivity contribution in [2.45, 2.75) is 38.7 Å². The highest BCUT2D eigenvalue weighted by molar-refractivity contribution is 9.10. The molecule has 3 heteroatoms. The maximum atomic E-state index is 6.00. The second kappa shape index (κ2) is 9.54. The van der Waals surface area contributed by atoms with Crippen LogP contribution in [0, 0.1) is 0 Å². The van der Waals surface area contributed by atoms with Gasteiger partial charge in [-0.15, -0.1) is 0 Å². The first-order chi connectivity index (χ1) is 8.79. The smallest absolute Gasteiger partial charge is 0.0959 e. The molecule has 1 aromatic carbocycles. The molecule has 2 nitrogen and oxygen atoms in total. The van der Waals surface area contributed by atoms with Gasteiger partial charge in [0.2, 0.25) is 0 Å². The Balaban J connectivity index is 2.47. The van der Waals surface area contributed by atoms with E-state index in [0.29, 0.717) is 0 Å². The molecular formula is C15H24BrNO. The molecular weight excluding hydrogens is 290 g/mol. The van der Waals surface area contributed by atoms with Gasteiger partial charge in [-0.05, 0) is 25.1 Å². The molecule has 18 heavy (non-hydrogen) atoms. The molecule has 0 aliphatic rings. The zero-order valence-electron chi connectivity index (χ0n) is 11.4. The van der Waals surface area contributed by atoms with Gasteiger partial charge < -0.3 is 10.1 Å². The first kappa shape index (κ1) is 15.7. The summed E-state index contributed by atoms with van der Waals surface area (Å²) in [4.78, 5) is 0. The van der Waals surface area contributed by atoms with Crippen LogP contribution in [0.5, 0.6) is 0 Å². The minimum absolute atomic E-state index is 0.132. The minimum Gasteiger partial charge on any atom is -0.372 e. The highest BCUT2D eigenvalue weighted by Crippen LogP contribution is 2.25. The van der Waals surface area contributed by atoms with E-state index in [1.165, 1.54) is 24.8 Å². The normalized spacial score (nSPS) is 12.6. The van der Waals surface area contributed by atoms with Gasteiger partial charge in [0, 0.05) is 17.6 Å². The van der Waals surface area contributed by atoms with Gasteiger partial charge in [0.1, 0.15) is 0 Å². The van der Waals surface area contributed by atoms with Crippen molar-refractivity contribution in [3.63, 3.8) is 0 Å². The van der Waals surface area contributed by atoms with E-state index in [2.05, 4.69) is 46.4 Å². The van der Waals surface area contributed by atoms with E-state index >= 15 is 0 Å². The summed E-state index contributed by atoms with van der Waals surface area (Å²) in [5, 5.41) is 3.20. The van der Waals surface area contributed by atoms with Crippen molar-refractivity contribution >= 4 is 15.9 Å². The quantitative estimate of drug-likeness (QED) is 0.686. The van der Waals surface area contributed by atoms with Crippen LogP contribution in [0.4, 0.5) is 0 Å². The Morgan fingerprint density at radius 3 is 2.67 bits per heavy atom. The van der Waals surface area contributed by atoms with E-state index in [9.17, 15) is 0 Å². The van der Waals surface area contributed by atoms with Gasteiger partial charge in [-0.25, -0.2) is 0 Å². The lowest BCUT2D eigenvalue weighted by molar-refractivity contribution is 0.0507. The lowest BCUT2D eigenvalue weighted by Gasteiger charge is -2.19. The maximum absolute atomic E-state index is 6.00. The molecule has 1 aromatic rings. The van der Waals surface area contributed by atoms with Crippen LogP contribution in [-0.4, -0.2) is 20.2 Å². The van der Waals surface area contributed by atoms with Crippen LogP contribution in [-0.2, 0) is 4.74 Å². The predicted octanol–water partition coefficient (Wildman–Crippen LogP) is 4.31. The van der Waals surface area contributed by atoms with Crippen LogP contribution >= 0.6 is 15.9 Å². The van der Waals surface area contributed by atoms with Crippen LogP contribution in [0.2, 0.25) is 0 Å². The molecule has 1 atom stereocenters. The SMILES string of the molecule is CCCCCCOC(CNC)c1ccccc1Br. The molecule has 102 valence electrons. The Morgan fingerprint density at radius 2 is 2.00 bits per heavy atom. The summed E-state index contributed by atoms with van der Waals surface area (Å²) in [6, 6.07) is 8.28. The Morgan fingerprint density at radius 1 is 1.22 bits per heavy atom. The summed E-state index contributed by atoms with van der Waals surface area (Å²) in [7, 11) is 1.96. The fraction of sp³-hybridized carbons (Fsp3) is 0.600. The summed E-state index contributed by atoms with van der Waals surface area (Å²) >= 11 is 3.59. The van der Waals surface area contributed by atoms with Crippen LogP contribution < -0.4 is 5.32 Å². The molecule has 0 spiro atoms. The van der Waals surface area contributed by atoms with Crippen molar-refractivity contribution in [3.05, 3.63) is 34.3 Å². The Hall–Kier alpha value is -0.380. The average molecular weight is 314 g/mol. The third-order valence-corrected chi connectivity index (χ3v) is 3.68. The van der Waals surface area contributed by atoms with Crippen molar-refractivity contribution in [3.8, 4) is 0 Å². The molecule has 0 amide bonds. The number of ether oxygens (including phenoxy) is 1. The number of nitrogens with one attached hydrogen (secondary N) is 1. The van der Waals surface area contributed by atoms with Gasteiger partial charge in [-0.2, -0.15) is 0 Å². The van der Waals surface area contributed by atoms with Crippen molar-refractivity contribution in [1.29, 1.82) is 0 Å². The Labute approximate surface area is 119 Å². The second-order valence-corrected chi connectivity index (χ2v) is 5.35. The number of hydrogen-bond acceptors (Lipinski definition) is 2. The van der Waals surface area contributed by atoms with Crippen molar-refractivity contribution in [2.24, 2.45) is 0 Å². The molecule has 1 rings (SSSR count). The van der Waals surface area contributed by atoms with Gasteiger partial charge in [0.25, 0.3) is 0 Å². The van der Waals surface area contributed by atoms with Crippen molar-refractivity contribution in [1.82, 2.24) is 5.32 Å². The first-order valence-electron chi connectivity index (χ1n) is 6.80. The van der Waals surface area contributed by atoms with Crippen molar-refractivity contribution in [2.75, 3.05) is 20.2 Å². The van der Waals surface area contributed by atoms with Crippen LogP contribution in [0.1, 0.15) is 44.3 Å². The number of likely N-dealkylation sites (N-methyl/N-ethyl adjacent to an activating group) is 1. The average Bonchev–Trinajstić information content (AvgIpc) is 2.38. The Bertz CT molecular complexity index is 330. The third-order valence-electron chi connectivity index (χ3n) is 2.96. The van der Waals surface area contributed by atoms with Crippen LogP contribution in [0.25, 0.3) is 0 Å². The molecule has 0 saturated carbocycles. The number of benzene rings is 1. The van der Waals surface area contributed by atoms with Gasteiger partial charge >= 0.3 is 0 Å². The first-order valence-corrected chi connectivity index (χ1v) is 7.59. The number of halogens is 1. The zero-order valence-corrected chi connectivity index (χ0v) is 13.0. The molecule has 0 aromatic heterocycles. The van der Waals surface area contributed by atoms with E-state index in [4.69, 9.17) is 4.74 Å². The highest BCUT2D eigenvalue weighted by Gasteiger charge is 2.13. The Kier molecular flexibility index (Phi) is 8.31. The zero-order chi connectivity index (χ0) is 13.2. The largest absolute Gasteiger partial charge is 0.372 e. The van der Waals surface area contributed by atoms with E-state index in [1.54, 1.807) is 0 Å². The van der Waals surface area contributed by atoms with E-state index in [0.717, 1.165) is 24.0 Å². The van der Waals surface area contributed by atoms with Crippen LogP contribution in [0.15, 0.2) is 28.7 Å². The summed E-state index contributed by atoms with van der Waals surface area (Å²) in [5.41, 5.74) is 1.22. The van der Waals surface area contributed by atoms with E-state index in [1.807, 2.05) is 13.1 Å². The maximum Gasteiger partial charge on any atom is 0.0959 e. The lowest BCUT2D eigenvalue weighted by atomic mass is 10.1. The summed E-state index contributed by atoms with van der Waals surface area (Å²) in [5.74, 6) is 0. The molecule has 1 N–H and O–H groups in total. The highest BCUT2D eigenvalue weighted by atomic mass is 79.9. The van der Waals surface area contributed by atoms with Crippen molar-refractivity contribution < 1.29 is 4.74 Å². The standard InChI is InChI=1S/C15H24BrNO/c1-3-4-5-8-11-18-15(12-17-2)13-9-6-7-10-14(13)16/h6-7,9-10,15,17H,3-5,8,11-12H2,1-2H3. The fourth-order valence-corrected chi connectivity index (χ4v) is 2.47. The topological polar surface area (TPSA) is 21.3 Å². The molecule has 0 saturated heterocycles.